The van der Waals surface area contributed by atoms with Gasteiger partial charge in [0.2, 0.25) is 5.91 Å². The second-order valence-electron chi connectivity index (χ2n) is 8.52. The van der Waals surface area contributed by atoms with Crippen LogP contribution >= 0.6 is 0 Å². The van der Waals surface area contributed by atoms with Crippen molar-refractivity contribution in [2.75, 3.05) is 12.8 Å². The molecule has 2 unspecified atom stereocenters. The number of fused-ring (bicyclic) bond motifs is 1. The van der Waals surface area contributed by atoms with Crippen molar-refractivity contribution in [1.82, 2.24) is 15.1 Å². The van der Waals surface area contributed by atoms with Gasteiger partial charge in [0.1, 0.15) is 20.0 Å². The maximum Gasteiger partial charge on any atom is 0.272 e. The molecule has 0 saturated heterocycles. The van der Waals surface area contributed by atoms with Crippen molar-refractivity contribution in [2.24, 2.45) is 27.8 Å². The molecule has 8 nitrogen and oxygen atoms in total. The fourth-order valence-corrected chi connectivity index (χ4v) is 4.88. The maximum absolute atomic E-state index is 11.9. The minimum Gasteiger partial charge on any atom is -0.398 e. The average molecular weight is 392 g/mol. The zero-order valence-electron chi connectivity index (χ0n) is 17.8. The summed E-state index contributed by atoms with van der Waals surface area (Å²) in [5, 5.41) is 9.46. The summed E-state index contributed by atoms with van der Waals surface area (Å²) >= 11 is 0. The molecule has 3 rings (SSSR count). The van der Waals surface area contributed by atoms with Gasteiger partial charge in [-0.15, -0.1) is 0 Å². The van der Waals surface area contributed by atoms with Crippen molar-refractivity contribution in [2.45, 2.75) is 60.4 Å². The summed E-state index contributed by atoms with van der Waals surface area (Å²) in [6, 6.07) is 0. The first-order valence-electron chi connectivity index (χ1n) is 9.78. The van der Waals surface area contributed by atoms with E-state index in [1.807, 2.05) is 6.92 Å². The molecule has 1 aromatic heterocycles. The fourth-order valence-electron chi connectivity index (χ4n) is 4.88. The van der Waals surface area contributed by atoms with Crippen molar-refractivity contribution in [3.8, 4) is 0 Å². The molecule has 0 aromatic carbocycles. The van der Waals surface area contributed by atoms with Gasteiger partial charge in [0.25, 0.3) is 5.56 Å². The van der Waals surface area contributed by atoms with E-state index in [2.05, 4.69) is 48.1 Å². The van der Waals surface area contributed by atoms with Crippen LogP contribution in [0.2, 0.25) is 0 Å². The smallest absolute Gasteiger partial charge is 0.272 e. The average Bonchev–Trinajstić information content (AvgIpc) is 2.62. The summed E-state index contributed by atoms with van der Waals surface area (Å²) in [6.07, 6.45) is 5.91. The summed E-state index contributed by atoms with van der Waals surface area (Å²) in [6.45, 7) is 11.4. The number of nitrogens with one attached hydrogen (secondary N) is 1. The number of anilines is 1. The van der Waals surface area contributed by atoms with E-state index in [0.717, 1.165) is 28.3 Å². The van der Waals surface area contributed by atoms with Crippen LogP contribution in [0.15, 0.2) is 16.1 Å². The second kappa shape index (κ2) is 8.32. The standard InChI is InChI=1S/C10H15N5O3.C10H18/c1-3-7-8(11)4-13-15(10(7)17)5-9(16)12-6-14-18-2;1-7-9(2,3)8-5-6-10(7,8)4/h4,6H,3,5,11H2,1-2H3,(H,12,14,16);7-8H,5-6H2,1-4H3/t;7?,8-,10?/m.0/s1. The SMILES string of the molecule is CC1C(C)(C)[C@@H]2CCC12C.CCc1c(N)cnn(CC(=O)N/C=N\OC)c1=O. The van der Waals surface area contributed by atoms with Gasteiger partial charge in [-0.2, -0.15) is 5.10 Å². The molecule has 1 amide bonds. The lowest BCUT2D eigenvalue weighted by atomic mass is 9.33. The maximum atomic E-state index is 11.9. The van der Waals surface area contributed by atoms with Gasteiger partial charge in [-0.1, -0.05) is 39.8 Å². The molecule has 2 aliphatic rings. The molecule has 3 atom stereocenters. The summed E-state index contributed by atoms with van der Waals surface area (Å²) in [4.78, 5) is 27.7. The zero-order chi connectivity index (χ0) is 21.1. The van der Waals surface area contributed by atoms with E-state index in [1.54, 1.807) is 0 Å². The number of carbonyl (C=O) groups excluding carboxylic acids is 1. The Labute approximate surface area is 166 Å². The lowest BCUT2D eigenvalue weighted by Gasteiger charge is -2.72. The lowest BCUT2D eigenvalue weighted by Crippen LogP contribution is -2.65. The summed E-state index contributed by atoms with van der Waals surface area (Å²) in [5.41, 5.74) is 7.45. The number of nitrogen functional groups attached to an aromatic ring is 1. The topological polar surface area (TPSA) is 112 Å². The molecular weight excluding hydrogens is 358 g/mol. The number of carbonyl (C=O) groups is 1. The minimum absolute atomic E-state index is 0.207. The summed E-state index contributed by atoms with van der Waals surface area (Å²) < 4.78 is 1.05. The molecule has 0 spiro atoms. The van der Waals surface area contributed by atoms with Gasteiger partial charge in [0, 0.05) is 5.56 Å². The Kier molecular flexibility index (Phi) is 6.52. The Morgan fingerprint density at radius 2 is 2.18 bits per heavy atom. The van der Waals surface area contributed by atoms with Crippen LogP contribution in [0.1, 0.15) is 53.0 Å². The highest BCUT2D eigenvalue weighted by atomic mass is 16.6. The molecule has 1 aromatic rings. The van der Waals surface area contributed by atoms with E-state index < -0.39 is 5.91 Å². The van der Waals surface area contributed by atoms with Gasteiger partial charge in [-0.05, 0) is 41.9 Å². The second-order valence-corrected chi connectivity index (χ2v) is 8.52. The molecule has 2 aliphatic carbocycles. The van der Waals surface area contributed by atoms with Crippen LogP contribution in [0.25, 0.3) is 0 Å². The molecule has 3 N–H and O–H groups in total. The molecule has 0 radical (unpaired) electrons. The van der Waals surface area contributed by atoms with Gasteiger partial charge in [-0.25, -0.2) is 4.68 Å². The van der Waals surface area contributed by atoms with Gasteiger partial charge in [0.05, 0.1) is 11.9 Å². The lowest BCUT2D eigenvalue weighted by molar-refractivity contribution is -0.232. The van der Waals surface area contributed by atoms with Gasteiger partial charge in [0.15, 0.2) is 0 Å². The van der Waals surface area contributed by atoms with Gasteiger partial charge >= 0.3 is 0 Å². The van der Waals surface area contributed by atoms with Crippen molar-refractivity contribution in [1.29, 1.82) is 0 Å². The Morgan fingerprint density at radius 3 is 2.61 bits per heavy atom. The normalized spacial score (nSPS) is 26.9. The quantitative estimate of drug-likeness (QED) is 0.454. The molecule has 2 fully saturated rings. The number of nitrogens with two attached hydrogens (primary N) is 1. The number of oxime groups is 1. The highest BCUT2D eigenvalue weighted by molar-refractivity contribution is 5.86. The summed E-state index contributed by atoms with van der Waals surface area (Å²) in [5.74, 6) is 1.57. The van der Waals surface area contributed by atoms with Crippen molar-refractivity contribution in [3.63, 3.8) is 0 Å². The van der Waals surface area contributed by atoms with Crippen molar-refractivity contribution < 1.29 is 9.63 Å². The predicted octanol–water partition coefficient (Wildman–Crippen LogP) is 2.17. The number of aromatic nitrogens is 2. The van der Waals surface area contributed by atoms with Crippen LogP contribution in [0, 0.1) is 22.7 Å². The first-order chi connectivity index (χ1) is 13.1. The number of hydrogen-bond acceptors (Lipinski definition) is 6. The molecule has 0 aliphatic heterocycles. The van der Waals surface area contributed by atoms with E-state index in [-0.39, 0.29) is 12.1 Å². The highest BCUT2D eigenvalue weighted by Gasteiger charge is 2.65. The zero-order valence-corrected chi connectivity index (χ0v) is 17.8. The van der Waals surface area contributed by atoms with Gasteiger partial charge in [-0.3, -0.25) is 9.59 Å². The van der Waals surface area contributed by atoms with E-state index in [0.29, 0.717) is 23.1 Å². The fraction of sp³-hybridized carbons (Fsp3) is 0.700. The first-order valence-corrected chi connectivity index (χ1v) is 9.78. The van der Waals surface area contributed by atoms with Crippen molar-refractivity contribution in [3.05, 3.63) is 22.1 Å². The van der Waals surface area contributed by atoms with Crippen LogP contribution in [-0.2, 0) is 22.6 Å². The number of rotatable bonds is 5. The molecule has 2 saturated carbocycles. The third-order valence-corrected chi connectivity index (χ3v) is 6.98. The van der Waals surface area contributed by atoms with Crippen LogP contribution in [0.4, 0.5) is 5.69 Å². The molecule has 0 bridgehead atoms. The van der Waals surface area contributed by atoms with Crippen LogP contribution < -0.4 is 16.6 Å². The minimum atomic E-state index is -0.433. The first kappa shape index (κ1) is 21.9. The number of hydrogen-bond donors (Lipinski definition) is 2. The molecule has 8 heteroatoms. The largest absolute Gasteiger partial charge is 0.398 e. The Morgan fingerprint density at radius 1 is 1.50 bits per heavy atom. The van der Waals surface area contributed by atoms with Crippen molar-refractivity contribution >= 4 is 17.9 Å². The van der Waals surface area contributed by atoms with E-state index >= 15 is 0 Å². The van der Waals surface area contributed by atoms with Crippen LogP contribution in [0.3, 0.4) is 0 Å². The Bertz CT molecular complexity index is 780. The van der Waals surface area contributed by atoms with Crippen LogP contribution in [0.5, 0.6) is 0 Å². The highest BCUT2D eigenvalue weighted by Crippen LogP contribution is 2.73. The number of nitrogens with zero attached hydrogens (tertiary/aromatic N) is 3. The molecule has 156 valence electrons. The third-order valence-electron chi connectivity index (χ3n) is 6.98. The van der Waals surface area contributed by atoms with E-state index in [9.17, 15) is 9.59 Å². The summed E-state index contributed by atoms with van der Waals surface area (Å²) in [7, 11) is 1.35. The number of amides is 1. The van der Waals surface area contributed by atoms with Gasteiger partial charge < -0.3 is 15.9 Å². The molecule has 1 heterocycles. The van der Waals surface area contributed by atoms with E-state index in [1.165, 1.54) is 26.1 Å². The third kappa shape index (κ3) is 3.91. The molecule has 28 heavy (non-hydrogen) atoms. The van der Waals surface area contributed by atoms with Crippen LogP contribution in [-0.4, -0.2) is 29.1 Å². The monoisotopic (exact) mass is 391 g/mol. The predicted molar refractivity (Wildman–Crippen MR) is 110 cm³/mol. The Hall–Kier alpha value is -2.38. The van der Waals surface area contributed by atoms with E-state index in [4.69, 9.17) is 5.73 Å². The molecular formula is C20H33N5O3. The Balaban J connectivity index is 0.000000233.